The van der Waals surface area contributed by atoms with Crippen molar-refractivity contribution in [1.29, 1.82) is 0 Å². The lowest BCUT2D eigenvalue weighted by atomic mass is 10.2. The third-order valence-electron chi connectivity index (χ3n) is 2.86. The van der Waals surface area contributed by atoms with Gasteiger partial charge in [-0.2, -0.15) is 0 Å². The van der Waals surface area contributed by atoms with Crippen LogP contribution in [0.5, 0.6) is 0 Å². The van der Waals surface area contributed by atoms with Gasteiger partial charge in [-0.05, 0) is 46.6 Å². The summed E-state index contributed by atoms with van der Waals surface area (Å²) in [6, 6.07) is 5.54. The van der Waals surface area contributed by atoms with Crippen LogP contribution in [0.4, 0.5) is 15.8 Å². The molecule has 0 atom stereocenters. The minimum absolute atomic E-state index is 0.193. The standard InChI is InChI=1S/C14H13BrFN3O2/c1-8-4-10(15)11(16)5-12(8)18-13(20)7-19-6-9(17)2-3-14(19)21/h2-6H,7,17H2,1H3,(H,18,20). The van der Waals surface area contributed by atoms with Gasteiger partial charge in [0.25, 0.3) is 5.56 Å². The molecule has 3 N–H and O–H groups in total. The molecule has 0 saturated carbocycles. The van der Waals surface area contributed by atoms with Crippen molar-refractivity contribution in [2.45, 2.75) is 13.5 Å². The smallest absolute Gasteiger partial charge is 0.251 e. The van der Waals surface area contributed by atoms with E-state index in [0.717, 1.165) is 0 Å². The zero-order chi connectivity index (χ0) is 15.6. The summed E-state index contributed by atoms with van der Waals surface area (Å²) in [5.74, 6) is -0.912. The molecule has 0 saturated heterocycles. The number of halogens is 2. The molecule has 0 unspecified atom stereocenters. The molecule has 5 nitrogen and oxygen atoms in total. The molecule has 0 aliphatic carbocycles. The van der Waals surface area contributed by atoms with E-state index in [9.17, 15) is 14.0 Å². The number of hydrogen-bond acceptors (Lipinski definition) is 3. The summed E-state index contributed by atoms with van der Waals surface area (Å²) in [6.07, 6.45) is 1.39. The fraction of sp³-hybridized carbons (Fsp3) is 0.143. The summed E-state index contributed by atoms with van der Waals surface area (Å²) in [6.45, 7) is 1.55. The highest BCUT2D eigenvalue weighted by atomic mass is 79.9. The Labute approximate surface area is 128 Å². The molecule has 0 radical (unpaired) electrons. The first-order valence-corrected chi connectivity index (χ1v) is 6.87. The summed E-state index contributed by atoms with van der Waals surface area (Å²) < 4.78 is 15.0. The number of nitrogens with two attached hydrogens (primary N) is 1. The Morgan fingerprint density at radius 2 is 2.14 bits per heavy atom. The maximum Gasteiger partial charge on any atom is 0.251 e. The summed E-state index contributed by atoms with van der Waals surface area (Å²) in [5.41, 5.74) is 6.68. The maximum absolute atomic E-state index is 13.5. The molecule has 0 fully saturated rings. The molecule has 0 bridgehead atoms. The molecular formula is C14H13BrFN3O2. The molecule has 7 heteroatoms. The number of nitrogens with one attached hydrogen (secondary N) is 1. The highest BCUT2D eigenvalue weighted by Gasteiger charge is 2.10. The number of benzene rings is 1. The van der Waals surface area contributed by atoms with Crippen molar-refractivity contribution >= 4 is 33.2 Å². The number of hydrogen-bond donors (Lipinski definition) is 2. The first-order chi connectivity index (χ1) is 9.86. The van der Waals surface area contributed by atoms with Gasteiger partial charge in [-0.15, -0.1) is 0 Å². The van der Waals surface area contributed by atoms with E-state index >= 15 is 0 Å². The number of carbonyl (C=O) groups excluding carboxylic acids is 1. The quantitative estimate of drug-likeness (QED) is 0.888. The number of aromatic nitrogens is 1. The zero-order valence-electron chi connectivity index (χ0n) is 11.2. The lowest BCUT2D eigenvalue weighted by Crippen LogP contribution is -2.27. The molecule has 1 amide bonds. The average Bonchev–Trinajstić information content (AvgIpc) is 2.40. The fourth-order valence-corrected chi connectivity index (χ4v) is 2.26. The van der Waals surface area contributed by atoms with Crippen molar-refractivity contribution in [3.8, 4) is 0 Å². The number of nitrogen functional groups attached to an aromatic ring is 1. The second kappa shape index (κ2) is 6.09. The van der Waals surface area contributed by atoms with Crippen molar-refractivity contribution in [3.63, 3.8) is 0 Å². The first-order valence-electron chi connectivity index (χ1n) is 6.08. The molecule has 0 aliphatic heterocycles. The van der Waals surface area contributed by atoms with Crippen LogP contribution in [-0.4, -0.2) is 10.5 Å². The van der Waals surface area contributed by atoms with Gasteiger partial charge in [0.05, 0.1) is 4.47 Å². The van der Waals surface area contributed by atoms with Crippen LogP contribution >= 0.6 is 15.9 Å². The van der Waals surface area contributed by atoms with E-state index in [-0.39, 0.29) is 12.1 Å². The van der Waals surface area contributed by atoms with Gasteiger partial charge in [0, 0.05) is 23.6 Å². The van der Waals surface area contributed by atoms with Crippen molar-refractivity contribution in [2.75, 3.05) is 11.1 Å². The van der Waals surface area contributed by atoms with Crippen LogP contribution in [0.3, 0.4) is 0 Å². The van der Waals surface area contributed by atoms with Gasteiger partial charge >= 0.3 is 0 Å². The van der Waals surface area contributed by atoms with Crippen molar-refractivity contribution < 1.29 is 9.18 Å². The topological polar surface area (TPSA) is 77.1 Å². The minimum atomic E-state index is -0.475. The van der Waals surface area contributed by atoms with Crippen LogP contribution in [0.1, 0.15) is 5.56 Å². The zero-order valence-corrected chi connectivity index (χ0v) is 12.8. The normalized spacial score (nSPS) is 10.4. The number of nitrogens with zero attached hydrogens (tertiary/aromatic N) is 1. The second-order valence-electron chi connectivity index (χ2n) is 4.56. The summed E-state index contributed by atoms with van der Waals surface area (Å²) in [5, 5.41) is 2.57. The molecule has 110 valence electrons. The number of aryl methyl sites for hydroxylation is 1. The van der Waals surface area contributed by atoms with Crippen molar-refractivity contribution in [2.24, 2.45) is 0 Å². The summed E-state index contributed by atoms with van der Waals surface area (Å²) >= 11 is 3.07. The Bertz CT molecular complexity index is 758. The third-order valence-corrected chi connectivity index (χ3v) is 3.47. The van der Waals surface area contributed by atoms with E-state index in [0.29, 0.717) is 21.4 Å². The maximum atomic E-state index is 13.5. The fourth-order valence-electron chi connectivity index (χ4n) is 1.80. The van der Waals surface area contributed by atoms with Crippen LogP contribution in [0.25, 0.3) is 0 Å². The van der Waals surface area contributed by atoms with E-state index in [1.807, 2.05) is 0 Å². The monoisotopic (exact) mass is 353 g/mol. The second-order valence-corrected chi connectivity index (χ2v) is 5.41. The van der Waals surface area contributed by atoms with Crippen LogP contribution in [0.15, 0.2) is 39.7 Å². The molecule has 2 rings (SSSR count). The Morgan fingerprint density at radius 1 is 1.43 bits per heavy atom. The van der Waals surface area contributed by atoms with Crippen molar-refractivity contribution in [3.05, 3.63) is 56.7 Å². The van der Waals surface area contributed by atoms with Gasteiger partial charge in [-0.1, -0.05) is 0 Å². The van der Waals surface area contributed by atoms with Crippen LogP contribution in [0, 0.1) is 12.7 Å². The largest absolute Gasteiger partial charge is 0.398 e. The molecular weight excluding hydrogens is 341 g/mol. The van der Waals surface area contributed by atoms with E-state index in [1.54, 1.807) is 13.0 Å². The van der Waals surface area contributed by atoms with E-state index in [1.165, 1.54) is 29.0 Å². The molecule has 2 aromatic rings. The SMILES string of the molecule is Cc1cc(Br)c(F)cc1NC(=O)Cn1cc(N)ccc1=O. The van der Waals surface area contributed by atoms with Crippen molar-refractivity contribution in [1.82, 2.24) is 4.57 Å². The number of anilines is 2. The molecule has 1 heterocycles. The Kier molecular flexibility index (Phi) is 4.42. The van der Waals surface area contributed by atoms with Crippen LogP contribution < -0.4 is 16.6 Å². The molecule has 21 heavy (non-hydrogen) atoms. The van der Waals surface area contributed by atoms with Gasteiger partial charge in [-0.3, -0.25) is 9.59 Å². The number of amides is 1. The molecule has 0 aliphatic rings. The Morgan fingerprint density at radius 3 is 2.86 bits per heavy atom. The Hall–Kier alpha value is -2.15. The number of carbonyl (C=O) groups is 1. The van der Waals surface area contributed by atoms with Gasteiger partial charge in [0.15, 0.2) is 0 Å². The first kappa shape index (κ1) is 15.2. The molecule has 1 aromatic heterocycles. The summed E-state index contributed by atoms with van der Waals surface area (Å²) in [7, 11) is 0. The lowest BCUT2D eigenvalue weighted by molar-refractivity contribution is -0.116. The van der Waals surface area contributed by atoms with Crippen LogP contribution in [-0.2, 0) is 11.3 Å². The predicted octanol–water partition coefficient (Wildman–Crippen LogP) is 2.28. The van der Waals surface area contributed by atoms with Gasteiger partial charge in [0.2, 0.25) is 5.91 Å². The van der Waals surface area contributed by atoms with Crippen LogP contribution in [0.2, 0.25) is 0 Å². The predicted molar refractivity (Wildman–Crippen MR) is 82.6 cm³/mol. The summed E-state index contributed by atoms with van der Waals surface area (Å²) in [4.78, 5) is 23.5. The highest BCUT2D eigenvalue weighted by Crippen LogP contribution is 2.23. The Balaban J connectivity index is 2.17. The lowest BCUT2D eigenvalue weighted by Gasteiger charge is -2.11. The number of pyridine rings is 1. The minimum Gasteiger partial charge on any atom is -0.398 e. The van der Waals surface area contributed by atoms with Gasteiger partial charge < -0.3 is 15.6 Å². The average molecular weight is 354 g/mol. The van der Waals surface area contributed by atoms with Gasteiger partial charge in [0.1, 0.15) is 12.4 Å². The van der Waals surface area contributed by atoms with Gasteiger partial charge in [-0.25, -0.2) is 4.39 Å². The van der Waals surface area contributed by atoms with E-state index < -0.39 is 11.7 Å². The molecule has 0 spiro atoms. The third kappa shape index (κ3) is 3.69. The van der Waals surface area contributed by atoms with E-state index in [4.69, 9.17) is 5.73 Å². The van der Waals surface area contributed by atoms with E-state index in [2.05, 4.69) is 21.2 Å². The molecule has 1 aromatic carbocycles. The highest BCUT2D eigenvalue weighted by molar-refractivity contribution is 9.10. The number of rotatable bonds is 3.